The summed E-state index contributed by atoms with van der Waals surface area (Å²) in [4.78, 5) is 0. The first-order valence-corrected chi connectivity index (χ1v) is 5.59. The van der Waals surface area contributed by atoms with Crippen molar-refractivity contribution in [3.63, 3.8) is 0 Å². The van der Waals surface area contributed by atoms with E-state index in [2.05, 4.69) is 4.37 Å². The van der Waals surface area contributed by atoms with E-state index in [0.717, 1.165) is 22.5 Å². The Morgan fingerprint density at radius 1 is 1.18 bits per heavy atom. The molecule has 2 nitrogen and oxygen atoms in total. The van der Waals surface area contributed by atoms with Crippen molar-refractivity contribution in [2.75, 3.05) is 0 Å². The zero-order valence-electron chi connectivity index (χ0n) is 8.57. The Balaban J connectivity index is 2.08. The topological polar surface area (TPSA) is 22.1 Å². The van der Waals surface area contributed by atoms with Crippen molar-refractivity contribution in [1.82, 2.24) is 4.37 Å². The Labute approximate surface area is 99.8 Å². The van der Waals surface area contributed by atoms with Gasteiger partial charge in [0, 0.05) is 5.38 Å². The lowest BCUT2D eigenvalue weighted by molar-refractivity contribution is -0.138. The first-order valence-electron chi connectivity index (χ1n) is 4.75. The molecule has 0 aliphatic carbocycles. The zero-order chi connectivity index (χ0) is 12.3. The van der Waals surface area contributed by atoms with E-state index in [1.165, 1.54) is 0 Å². The van der Waals surface area contributed by atoms with Crippen LogP contribution in [0.2, 0.25) is 0 Å². The summed E-state index contributed by atoms with van der Waals surface area (Å²) in [5.74, 6) is -0.355. The first-order chi connectivity index (χ1) is 8.07. The number of hydrogen-bond donors (Lipinski definition) is 0. The molecule has 0 aliphatic heterocycles. The van der Waals surface area contributed by atoms with E-state index in [0.29, 0.717) is 0 Å². The third-order valence-corrected chi connectivity index (χ3v) is 2.67. The van der Waals surface area contributed by atoms with E-state index in [1.54, 1.807) is 24.3 Å². The molecule has 0 fully saturated rings. The van der Waals surface area contributed by atoms with Crippen LogP contribution >= 0.6 is 11.5 Å². The molecule has 0 saturated carbocycles. The molecular weight excluding hydrogens is 251 g/mol. The maximum absolute atomic E-state index is 12.5. The Hall–Kier alpha value is -1.56. The molecule has 2 aromatic rings. The van der Waals surface area contributed by atoms with Crippen molar-refractivity contribution in [3.05, 3.63) is 46.8 Å². The Kier molecular flexibility index (Phi) is 3.33. The number of halogens is 3. The lowest BCUT2D eigenvalue weighted by Gasteiger charge is -2.08. The molecule has 17 heavy (non-hydrogen) atoms. The highest BCUT2D eigenvalue weighted by Gasteiger charge is 2.36. The second-order valence-electron chi connectivity index (χ2n) is 3.31. The summed E-state index contributed by atoms with van der Waals surface area (Å²) in [6.45, 7) is 0.0770. The second-order valence-corrected chi connectivity index (χ2v) is 3.93. The van der Waals surface area contributed by atoms with Crippen molar-refractivity contribution in [1.29, 1.82) is 0 Å². The molecule has 6 heteroatoms. The van der Waals surface area contributed by atoms with Gasteiger partial charge in [0.1, 0.15) is 12.2 Å². The van der Waals surface area contributed by atoms with Crippen LogP contribution in [0.4, 0.5) is 13.2 Å². The average molecular weight is 259 g/mol. The molecule has 0 spiro atoms. The molecule has 0 atom stereocenters. The Morgan fingerprint density at radius 2 is 1.88 bits per heavy atom. The number of aromatic nitrogens is 1. The minimum absolute atomic E-state index is 0.0770. The number of ether oxygens (including phenoxy) is 1. The van der Waals surface area contributed by atoms with Crippen molar-refractivity contribution in [2.45, 2.75) is 12.8 Å². The number of rotatable bonds is 3. The minimum Gasteiger partial charge on any atom is -0.472 e. The predicted octanol–water partition coefficient (Wildman–Crippen LogP) is 3.74. The van der Waals surface area contributed by atoms with Crippen LogP contribution in [0.25, 0.3) is 0 Å². The van der Waals surface area contributed by atoms with Gasteiger partial charge in [-0.15, -0.1) is 0 Å². The lowest BCUT2D eigenvalue weighted by atomic mass is 10.2. The van der Waals surface area contributed by atoms with E-state index in [9.17, 15) is 13.2 Å². The number of hydrogen-bond acceptors (Lipinski definition) is 3. The molecule has 0 aliphatic rings. The van der Waals surface area contributed by atoms with Crippen molar-refractivity contribution in [2.24, 2.45) is 0 Å². The predicted molar refractivity (Wildman–Crippen MR) is 57.9 cm³/mol. The molecule has 0 amide bonds. The summed E-state index contributed by atoms with van der Waals surface area (Å²) in [6.07, 6.45) is -4.42. The maximum atomic E-state index is 12.5. The van der Waals surface area contributed by atoms with Crippen LogP contribution < -0.4 is 4.74 Å². The van der Waals surface area contributed by atoms with Crippen LogP contribution in [-0.2, 0) is 12.8 Å². The molecule has 0 unspecified atom stereocenters. The fourth-order valence-electron chi connectivity index (χ4n) is 1.24. The SMILES string of the molecule is FC(F)(F)c1csnc1OCc1ccccc1. The van der Waals surface area contributed by atoms with Crippen molar-refractivity contribution < 1.29 is 17.9 Å². The third-order valence-electron chi connectivity index (χ3n) is 2.06. The van der Waals surface area contributed by atoms with E-state index < -0.39 is 11.7 Å². The van der Waals surface area contributed by atoms with Gasteiger partial charge in [0.05, 0.1) is 0 Å². The van der Waals surface area contributed by atoms with Crippen LogP contribution in [0, 0.1) is 0 Å². The van der Waals surface area contributed by atoms with Crippen molar-refractivity contribution in [3.8, 4) is 5.88 Å². The van der Waals surface area contributed by atoms with Gasteiger partial charge in [-0.05, 0) is 17.1 Å². The van der Waals surface area contributed by atoms with Gasteiger partial charge in [0.15, 0.2) is 0 Å². The molecule has 1 aromatic carbocycles. The van der Waals surface area contributed by atoms with E-state index >= 15 is 0 Å². The molecule has 0 bridgehead atoms. The van der Waals surface area contributed by atoms with Gasteiger partial charge in [-0.2, -0.15) is 17.5 Å². The fourth-order valence-corrected chi connectivity index (χ4v) is 1.88. The van der Waals surface area contributed by atoms with Crippen LogP contribution in [-0.4, -0.2) is 4.37 Å². The molecule has 0 radical (unpaired) electrons. The lowest BCUT2D eigenvalue weighted by Crippen LogP contribution is -2.07. The quantitative estimate of drug-likeness (QED) is 0.837. The average Bonchev–Trinajstić information content (AvgIpc) is 2.75. The third kappa shape index (κ3) is 2.97. The Morgan fingerprint density at radius 3 is 2.53 bits per heavy atom. The normalized spacial score (nSPS) is 11.5. The van der Waals surface area contributed by atoms with E-state index in [4.69, 9.17) is 4.74 Å². The smallest absolute Gasteiger partial charge is 0.422 e. The molecule has 2 rings (SSSR count). The van der Waals surface area contributed by atoms with Gasteiger partial charge in [0.2, 0.25) is 5.88 Å². The molecule has 0 N–H and O–H groups in total. The minimum atomic E-state index is -4.42. The summed E-state index contributed by atoms with van der Waals surface area (Å²) < 4.78 is 46.1. The molecule has 1 aromatic heterocycles. The molecule has 1 heterocycles. The van der Waals surface area contributed by atoms with Gasteiger partial charge in [-0.1, -0.05) is 30.3 Å². The summed E-state index contributed by atoms with van der Waals surface area (Å²) in [5, 5.41) is 0.945. The Bertz CT molecular complexity index is 481. The highest BCUT2D eigenvalue weighted by Crippen LogP contribution is 2.36. The highest BCUT2D eigenvalue weighted by atomic mass is 32.1. The van der Waals surface area contributed by atoms with Gasteiger partial charge in [-0.3, -0.25) is 0 Å². The summed E-state index contributed by atoms with van der Waals surface area (Å²) >= 11 is 0.733. The number of alkyl halides is 3. The van der Waals surface area contributed by atoms with E-state index in [-0.39, 0.29) is 12.5 Å². The van der Waals surface area contributed by atoms with Crippen LogP contribution in [0.3, 0.4) is 0 Å². The molecule has 90 valence electrons. The summed E-state index contributed by atoms with van der Waals surface area (Å²) in [5.41, 5.74) is -0.0212. The van der Waals surface area contributed by atoms with Crippen molar-refractivity contribution >= 4 is 11.5 Å². The zero-order valence-corrected chi connectivity index (χ0v) is 9.39. The van der Waals surface area contributed by atoms with Crippen LogP contribution in [0.1, 0.15) is 11.1 Å². The molecular formula is C11H8F3NOS. The van der Waals surface area contributed by atoms with Gasteiger partial charge in [-0.25, -0.2) is 0 Å². The maximum Gasteiger partial charge on any atom is 0.422 e. The van der Waals surface area contributed by atoms with Gasteiger partial charge in [0.25, 0.3) is 0 Å². The number of benzene rings is 1. The summed E-state index contributed by atoms with van der Waals surface area (Å²) in [6, 6.07) is 8.97. The van der Waals surface area contributed by atoms with E-state index in [1.807, 2.05) is 6.07 Å². The first kappa shape index (κ1) is 11.9. The van der Waals surface area contributed by atoms with Crippen LogP contribution in [0.5, 0.6) is 5.88 Å². The summed E-state index contributed by atoms with van der Waals surface area (Å²) in [7, 11) is 0. The fraction of sp³-hybridized carbons (Fsp3) is 0.182. The standard InChI is InChI=1S/C11H8F3NOS/c12-11(13,14)9-7-17-15-10(9)16-6-8-4-2-1-3-5-8/h1-5,7H,6H2. The van der Waals surface area contributed by atoms with Gasteiger partial charge >= 0.3 is 6.18 Å². The van der Waals surface area contributed by atoms with Gasteiger partial charge < -0.3 is 4.74 Å². The largest absolute Gasteiger partial charge is 0.472 e. The molecule has 0 saturated heterocycles. The monoisotopic (exact) mass is 259 g/mol. The highest BCUT2D eigenvalue weighted by molar-refractivity contribution is 7.03. The van der Waals surface area contributed by atoms with Crippen LogP contribution in [0.15, 0.2) is 35.7 Å². The number of nitrogens with zero attached hydrogens (tertiary/aromatic N) is 1. The second kappa shape index (κ2) is 4.75.